The third-order valence-corrected chi connectivity index (χ3v) is 6.42. The van der Waals surface area contributed by atoms with Crippen LogP contribution in [0.5, 0.6) is 0 Å². The van der Waals surface area contributed by atoms with E-state index in [1.165, 1.54) is 22.9 Å². The zero-order valence-corrected chi connectivity index (χ0v) is 19.9. The van der Waals surface area contributed by atoms with Gasteiger partial charge in [-0.05, 0) is 23.8 Å². The number of nitrogens with zero attached hydrogens (tertiary/aromatic N) is 4. The van der Waals surface area contributed by atoms with Crippen molar-refractivity contribution in [3.63, 3.8) is 0 Å². The topological polar surface area (TPSA) is 65.5 Å². The fraction of sp³-hybridized carbons (Fsp3) is 0.400. The Hall–Kier alpha value is -2.81. The standard InChI is InChI=1S/C25H28ClFN4O3/c1-18(32)30(11-10-29-12-14-34-15-13-29)17-25(33)31-24(19-6-8-20(26)9-7-19)16-23(28-31)21-4-2-3-5-22(21)27/h2-9,24H,10-17H2,1H3/t24-/m1/s1. The van der Waals surface area contributed by atoms with Crippen molar-refractivity contribution < 1.29 is 18.7 Å². The average Bonchev–Trinajstić information content (AvgIpc) is 3.28. The summed E-state index contributed by atoms with van der Waals surface area (Å²) in [7, 11) is 0. The van der Waals surface area contributed by atoms with Gasteiger partial charge in [-0.15, -0.1) is 0 Å². The zero-order valence-electron chi connectivity index (χ0n) is 19.1. The van der Waals surface area contributed by atoms with E-state index in [0.29, 0.717) is 49.0 Å². The first kappa shape index (κ1) is 24.3. The van der Waals surface area contributed by atoms with Crippen LogP contribution >= 0.6 is 11.6 Å². The van der Waals surface area contributed by atoms with Crippen molar-refractivity contribution in [3.05, 3.63) is 70.5 Å². The number of halogens is 2. The largest absolute Gasteiger partial charge is 0.379 e. The van der Waals surface area contributed by atoms with E-state index in [0.717, 1.165) is 18.7 Å². The highest BCUT2D eigenvalue weighted by molar-refractivity contribution is 6.30. The Balaban J connectivity index is 1.53. The van der Waals surface area contributed by atoms with Crippen molar-refractivity contribution >= 4 is 29.1 Å². The van der Waals surface area contributed by atoms with Crippen LogP contribution in [-0.2, 0) is 14.3 Å². The quantitative estimate of drug-likeness (QED) is 0.602. The predicted octanol–water partition coefficient (Wildman–Crippen LogP) is 3.34. The Morgan fingerprint density at radius 1 is 1.15 bits per heavy atom. The number of benzene rings is 2. The average molecular weight is 487 g/mol. The molecule has 0 saturated carbocycles. The molecule has 0 bridgehead atoms. The van der Waals surface area contributed by atoms with Gasteiger partial charge in [0, 0.05) is 50.1 Å². The van der Waals surface area contributed by atoms with Gasteiger partial charge in [0.1, 0.15) is 12.4 Å². The molecule has 2 aromatic rings. The summed E-state index contributed by atoms with van der Waals surface area (Å²) in [5, 5.41) is 6.49. The molecule has 4 rings (SSSR count). The monoisotopic (exact) mass is 486 g/mol. The molecule has 0 N–H and O–H groups in total. The molecule has 2 amide bonds. The summed E-state index contributed by atoms with van der Waals surface area (Å²) in [5.74, 6) is -0.882. The van der Waals surface area contributed by atoms with Gasteiger partial charge in [-0.1, -0.05) is 41.9 Å². The molecule has 1 saturated heterocycles. The molecule has 1 atom stereocenters. The molecular formula is C25H28ClFN4O3. The second-order valence-electron chi connectivity index (χ2n) is 8.43. The van der Waals surface area contributed by atoms with E-state index < -0.39 is 6.04 Å². The number of hydrogen-bond acceptors (Lipinski definition) is 5. The van der Waals surface area contributed by atoms with Crippen LogP contribution < -0.4 is 0 Å². The van der Waals surface area contributed by atoms with E-state index in [9.17, 15) is 14.0 Å². The molecule has 9 heteroatoms. The van der Waals surface area contributed by atoms with Crippen LogP contribution in [0.25, 0.3) is 0 Å². The Morgan fingerprint density at radius 2 is 1.85 bits per heavy atom. The maximum absolute atomic E-state index is 14.5. The van der Waals surface area contributed by atoms with Crippen molar-refractivity contribution in [2.75, 3.05) is 45.9 Å². The SMILES string of the molecule is CC(=O)N(CCN1CCOCC1)CC(=O)N1N=C(c2ccccc2F)C[C@@H]1c1ccc(Cl)cc1. The molecule has 2 aliphatic heterocycles. The van der Waals surface area contributed by atoms with E-state index >= 15 is 0 Å². The lowest BCUT2D eigenvalue weighted by Crippen LogP contribution is -2.45. The Bertz CT molecular complexity index is 1060. The highest BCUT2D eigenvalue weighted by atomic mass is 35.5. The van der Waals surface area contributed by atoms with Crippen molar-refractivity contribution in [2.24, 2.45) is 5.10 Å². The van der Waals surface area contributed by atoms with E-state index in [2.05, 4.69) is 10.0 Å². The first-order valence-corrected chi connectivity index (χ1v) is 11.8. The Labute approximate surface area is 203 Å². The van der Waals surface area contributed by atoms with E-state index in [4.69, 9.17) is 16.3 Å². The van der Waals surface area contributed by atoms with Gasteiger partial charge in [0.2, 0.25) is 5.91 Å². The van der Waals surface area contributed by atoms with Crippen LogP contribution in [0.3, 0.4) is 0 Å². The first-order chi connectivity index (χ1) is 16.4. The van der Waals surface area contributed by atoms with Crippen molar-refractivity contribution in [1.82, 2.24) is 14.8 Å². The second kappa shape index (κ2) is 11.1. The summed E-state index contributed by atoms with van der Waals surface area (Å²) in [6, 6.07) is 13.2. The number of carbonyl (C=O) groups excluding carboxylic acids is 2. The molecule has 1 fully saturated rings. The number of carbonyl (C=O) groups is 2. The molecule has 2 heterocycles. The molecular weight excluding hydrogens is 459 g/mol. The minimum absolute atomic E-state index is 0.0994. The number of ether oxygens (including phenoxy) is 1. The number of hydrazone groups is 1. The lowest BCUT2D eigenvalue weighted by Gasteiger charge is -2.30. The van der Waals surface area contributed by atoms with Crippen LogP contribution in [0, 0.1) is 5.82 Å². The van der Waals surface area contributed by atoms with Crippen molar-refractivity contribution in [2.45, 2.75) is 19.4 Å². The lowest BCUT2D eigenvalue weighted by molar-refractivity contribution is -0.140. The normalized spacial score (nSPS) is 18.6. The number of amides is 2. The van der Waals surface area contributed by atoms with Gasteiger partial charge in [-0.25, -0.2) is 9.40 Å². The summed E-state index contributed by atoms with van der Waals surface area (Å²) in [6.07, 6.45) is 0.363. The van der Waals surface area contributed by atoms with E-state index in [-0.39, 0.29) is 24.2 Å². The maximum Gasteiger partial charge on any atom is 0.262 e. The van der Waals surface area contributed by atoms with Crippen molar-refractivity contribution in [3.8, 4) is 0 Å². The lowest BCUT2D eigenvalue weighted by atomic mass is 9.98. The molecule has 2 aliphatic rings. The first-order valence-electron chi connectivity index (χ1n) is 11.4. The predicted molar refractivity (Wildman–Crippen MR) is 128 cm³/mol. The molecule has 0 unspecified atom stereocenters. The van der Waals surface area contributed by atoms with Crippen LogP contribution in [0.15, 0.2) is 53.6 Å². The van der Waals surface area contributed by atoms with E-state index in [1.807, 2.05) is 12.1 Å². The van der Waals surface area contributed by atoms with Gasteiger partial charge < -0.3 is 9.64 Å². The number of rotatable bonds is 7. The Kier molecular flexibility index (Phi) is 7.92. The summed E-state index contributed by atoms with van der Waals surface area (Å²) in [5.41, 5.74) is 1.71. The van der Waals surface area contributed by atoms with E-state index in [1.54, 1.807) is 30.3 Å². The van der Waals surface area contributed by atoms with Gasteiger partial charge in [0.05, 0.1) is 25.0 Å². The summed E-state index contributed by atoms with van der Waals surface area (Å²) < 4.78 is 19.8. The van der Waals surface area contributed by atoms with Gasteiger partial charge in [-0.3, -0.25) is 14.5 Å². The highest BCUT2D eigenvalue weighted by Gasteiger charge is 2.34. The van der Waals surface area contributed by atoms with Crippen LogP contribution in [0.2, 0.25) is 5.02 Å². The zero-order chi connectivity index (χ0) is 24.1. The van der Waals surface area contributed by atoms with Gasteiger partial charge in [0.25, 0.3) is 5.91 Å². The fourth-order valence-corrected chi connectivity index (χ4v) is 4.34. The summed E-state index contributed by atoms with van der Waals surface area (Å²) in [6.45, 7) is 5.41. The molecule has 2 aromatic carbocycles. The third kappa shape index (κ3) is 5.81. The number of hydrogen-bond donors (Lipinski definition) is 0. The summed E-state index contributed by atoms with van der Waals surface area (Å²) in [4.78, 5) is 29.4. The minimum Gasteiger partial charge on any atom is -0.379 e. The van der Waals surface area contributed by atoms with Crippen LogP contribution in [0.1, 0.15) is 30.5 Å². The van der Waals surface area contributed by atoms with Gasteiger partial charge in [-0.2, -0.15) is 5.10 Å². The second-order valence-corrected chi connectivity index (χ2v) is 8.87. The molecule has 7 nitrogen and oxygen atoms in total. The molecule has 34 heavy (non-hydrogen) atoms. The third-order valence-electron chi connectivity index (χ3n) is 6.17. The smallest absolute Gasteiger partial charge is 0.262 e. The molecule has 0 aliphatic carbocycles. The van der Waals surface area contributed by atoms with Gasteiger partial charge >= 0.3 is 0 Å². The number of morpholine rings is 1. The van der Waals surface area contributed by atoms with Crippen molar-refractivity contribution in [1.29, 1.82) is 0 Å². The van der Waals surface area contributed by atoms with Crippen LogP contribution in [-0.4, -0.2) is 78.3 Å². The van der Waals surface area contributed by atoms with Gasteiger partial charge in [0.15, 0.2) is 0 Å². The fourth-order valence-electron chi connectivity index (χ4n) is 4.21. The molecule has 0 spiro atoms. The Morgan fingerprint density at radius 3 is 2.53 bits per heavy atom. The van der Waals surface area contributed by atoms with Crippen LogP contribution in [0.4, 0.5) is 4.39 Å². The highest BCUT2D eigenvalue weighted by Crippen LogP contribution is 2.34. The molecule has 180 valence electrons. The molecule has 0 aromatic heterocycles. The minimum atomic E-state index is -0.410. The summed E-state index contributed by atoms with van der Waals surface area (Å²) >= 11 is 6.05. The maximum atomic E-state index is 14.5. The molecule has 0 radical (unpaired) electrons.